The van der Waals surface area contributed by atoms with E-state index in [1.54, 1.807) is 49.6 Å². The van der Waals surface area contributed by atoms with Crippen molar-refractivity contribution in [1.82, 2.24) is 4.57 Å². The third-order valence-electron chi connectivity index (χ3n) is 5.68. The second kappa shape index (κ2) is 9.61. The third-order valence-corrected chi connectivity index (χ3v) is 5.68. The summed E-state index contributed by atoms with van der Waals surface area (Å²) in [5.74, 6) is 0.357. The van der Waals surface area contributed by atoms with E-state index in [4.69, 9.17) is 9.47 Å². The summed E-state index contributed by atoms with van der Waals surface area (Å²) in [4.78, 5) is 35.2. The highest BCUT2D eigenvalue weighted by Gasteiger charge is 2.36. The number of hydrogen-bond donors (Lipinski definition) is 1. The fourth-order valence-corrected chi connectivity index (χ4v) is 4.13. The number of benzene rings is 2. The third kappa shape index (κ3) is 4.88. The van der Waals surface area contributed by atoms with E-state index in [-0.39, 0.29) is 52.3 Å². The van der Waals surface area contributed by atoms with Crippen LogP contribution < -0.4 is 10.1 Å². The van der Waals surface area contributed by atoms with Gasteiger partial charge in [0.05, 0.1) is 27.9 Å². The predicted molar refractivity (Wildman–Crippen MR) is 130 cm³/mol. The summed E-state index contributed by atoms with van der Waals surface area (Å²) in [6.45, 7) is 5.82. The molecule has 0 bridgehead atoms. The first kappa shape index (κ1) is 24.0. The summed E-state index contributed by atoms with van der Waals surface area (Å²) in [6.07, 6.45) is 1.01. The Hall–Kier alpha value is -4.15. The number of carbonyl (C=O) groups is 1. The van der Waals surface area contributed by atoms with E-state index in [0.717, 1.165) is 12.8 Å². The van der Waals surface area contributed by atoms with Crippen LogP contribution in [0.25, 0.3) is 22.2 Å². The minimum absolute atomic E-state index is 0.0733. The molecule has 184 valence electrons. The van der Waals surface area contributed by atoms with Gasteiger partial charge in [-0.05, 0) is 63.8 Å². The zero-order chi connectivity index (χ0) is 25.3. The first-order valence-corrected chi connectivity index (χ1v) is 11.4. The van der Waals surface area contributed by atoms with E-state index < -0.39 is 15.9 Å². The number of nitrogens with one attached hydrogen (secondary N) is 1. The van der Waals surface area contributed by atoms with Gasteiger partial charge >= 0.3 is 17.5 Å². The molecule has 1 heterocycles. The number of aromatic nitrogens is 1. The number of carbonyl (C=O) groups excluding carboxylic acids is 1. The molecule has 1 saturated carbocycles. The molecule has 11 nitrogen and oxygen atoms in total. The highest BCUT2D eigenvalue weighted by molar-refractivity contribution is 6.04. The van der Waals surface area contributed by atoms with E-state index in [1.165, 1.54) is 12.1 Å². The van der Waals surface area contributed by atoms with Crippen LogP contribution in [-0.4, -0.2) is 33.2 Å². The van der Waals surface area contributed by atoms with Gasteiger partial charge in [0, 0.05) is 17.8 Å². The van der Waals surface area contributed by atoms with Crippen LogP contribution in [0.15, 0.2) is 36.4 Å². The number of hydrogen-bond acceptors (Lipinski definition) is 7. The fourth-order valence-electron chi connectivity index (χ4n) is 4.13. The first-order valence-electron chi connectivity index (χ1n) is 11.4. The van der Waals surface area contributed by atoms with Gasteiger partial charge in [-0.2, -0.15) is 0 Å². The normalized spacial score (nSPS) is 13.1. The van der Waals surface area contributed by atoms with Crippen molar-refractivity contribution in [3.63, 3.8) is 0 Å². The average molecular weight is 482 g/mol. The van der Waals surface area contributed by atoms with E-state index >= 15 is 0 Å². The number of nitrogens with zero attached hydrogens (tertiary/aromatic N) is 3. The SMILES string of the molecule is CCOc1ccc2c([N+](=O)[O-])c(-c3ccc(NC(=O)OC(C)C)cc3)n(CC3CC3)c2c1[N+](=O)[O-]. The number of fused-ring (bicyclic) bond motifs is 1. The Morgan fingerprint density at radius 2 is 1.74 bits per heavy atom. The van der Waals surface area contributed by atoms with Gasteiger partial charge in [-0.15, -0.1) is 0 Å². The maximum atomic E-state index is 12.2. The largest absolute Gasteiger partial charge is 0.487 e. The maximum absolute atomic E-state index is 12.2. The zero-order valence-electron chi connectivity index (χ0n) is 19.6. The molecule has 35 heavy (non-hydrogen) atoms. The Kier molecular flexibility index (Phi) is 6.59. The molecule has 1 aromatic heterocycles. The minimum Gasteiger partial charge on any atom is -0.487 e. The molecular formula is C24H26N4O7. The van der Waals surface area contributed by atoms with Crippen LogP contribution in [0.5, 0.6) is 5.75 Å². The van der Waals surface area contributed by atoms with Crippen LogP contribution in [0.4, 0.5) is 21.9 Å². The van der Waals surface area contributed by atoms with Crippen molar-refractivity contribution in [3.05, 3.63) is 56.6 Å². The van der Waals surface area contributed by atoms with E-state index in [9.17, 15) is 25.0 Å². The summed E-state index contributed by atoms with van der Waals surface area (Å²) in [5.41, 5.74) is 0.933. The zero-order valence-corrected chi connectivity index (χ0v) is 19.6. The van der Waals surface area contributed by atoms with Gasteiger partial charge in [-0.3, -0.25) is 25.5 Å². The molecule has 2 aromatic carbocycles. The van der Waals surface area contributed by atoms with E-state index in [1.807, 2.05) is 0 Å². The quantitative estimate of drug-likeness (QED) is 0.296. The average Bonchev–Trinajstić information content (AvgIpc) is 3.54. The maximum Gasteiger partial charge on any atom is 0.411 e. The molecule has 1 aliphatic rings. The standard InChI is InChI=1S/C24H26N4O7/c1-4-34-19-12-11-18-21(23(19)28(32)33)26(13-15-5-6-15)20(22(18)27(30)31)16-7-9-17(10-8-16)25-24(29)35-14(2)3/h7-12,14-15H,4-6,13H2,1-3H3,(H,25,29). The van der Waals surface area contributed by atoms with Crippen molar-refractivity contribution in [2.75, 3.05) is 11.9 Å². The molecule has 4 rings (SSSR count). The van der Waals surface area contributed by atoms with E-state index in [2.05, 4.69) is 5.32 Å². The Balaban J connectivity index is 1.90. The van der Waals surface area contributed by atoms with Gasteiger partial charge < -0.3 is 14.0 Å². The lowest BCUT2D eigenvalue weighted by atomic mass is 10.1. The molecule has 1 aliphatic carbocycles. The molecule has 0 aliphatic heterocycles. The van der Waals surface area contributed by atoms with Crippen LogP contribution in [0.2, 0.25) is 0 Å². The number of anilines is 1. The van der Waals surface area contributed by atoms with Crippen LogP contribution in [-0.2, 0) is 11.3 Å². The first-order chi connectivity index (χ1) is 16.7. The second-order valence-corrected chi connectivity index (χ2v) is 8.66. The van der Waals surface area contributed by atoms with E-state index in [0.29, 0.717) is 17.8 Å². The molecule has 1 fully saturated rings. The van der Waals surface area contributed by atoms with Crippen molar-refractivity contribution in [2.45, 2.75) is 46.3 Å². The van der Waals surface area contributed by atoms with Gasteiger partial charge in [0.1, 0.15) is 11.2 Å². The lowest BCUT2D eigenvalue weighted by molar-refractivity contribution is -0.384. The van der Waals surface area contributed by atoms with Crippen molar-refractivity contribution in [1.29, 1.82) is 0 Å². The molecular weight excluding hydrogens is 456 g/mol. The van der Waals surface area contributed by atoms with Crippen LogP contribution in [0.3, 0.4) is 0 Å². The second-order valence-electron chi connectivity index (χ2n) is 8.66. The molecule has 1 amide bonds. The van der Waals surface area contributed by atoms with Crippen molar-refractivity contribution < 1.29 is 24.1 Å². The summed E-state index contributed by atoms with van der Waals surface area (Å²) in [5, 5.41) is 27.1. The summed E-state index contributed by atoms with van der Waals surface area (Å²) < 4.78 is 12.3. The van der Waals surface area contributed by atoms with Crippen molar-refractivity contribution in [2.24, 2.45) is 5.92 Å². The van der Waals surface area contributed by atoms with Crippen molar-refractivity contribution >= 4 is 34.1 Å². The summed E-state index contributed by atoms with van der Waals surface area (Å²) in [6, 6.07) is 9.43. The molecule has 0 unspecified atom stereocenters. The summed E-state index contributed by atoms with van der Waals surface area (Å²) >= 11 is 0. The number of nitro benzene ring substituents is 1. The summed E-state index contributed by atoms with van der Waals surface area (Å²) in [7, 11) is 0. The Morgan fingerprint density at radius 1 is 1.09 bits per heavy atom. The Bertz CT molecular complexity index is 1290. The fraction of sp³-hybridized carbons (Fsp3) is 0.375. The van der Waals surface area contributed by atoms with Crippen LogP contribution in [0.1, 0.15) is 33.6 Å². The van der Waals surface area contributed by atoms with Gasteiger partial charge in [-0.25, -0.2) is 4.79 Å². The number of ether oxygens (including phenoxy) is 2. The number of nitro groups is 2. The lowest BCUT2D eigenvalue weighted by Gasteiger charge is -2.12. The highest BCUT2D eigenvalue weighted by atomic mass is 16.6. The van der Waals surface area contributed by atoms with Gasteiger partial charge in [0.2, 0.25) is 0 Å². The number of rotatable bonds is 9. The smallest absolute Gasteiger partial charge is 0.411 e. The minimum atomic E-state index is -0.611. The van der Waals surface area contributed by atoms with Gasteiger partial charge in [-0.1, -0.05) is 12.1 Å². The molecule has 1 N–H and O–H groups in total. The van der Waals surface area contributed by atoms with Gasteiger partial charge in [0.25, 0.3) is 0 Å². The topological polar surface area (TPSA) is 139 Å². The monoisotopic (exact) mass is 482 g/mol. The molecule has 11 heteroatoms. The molecule has 0 spiro atoms. The molecule has 0 saturated heterocycles. The molecule has 0 radical (unpaired) electrons. The lowest BCUT2D eigenvalue weighted by Crippen LogP contribution is -2.17. The Morgan fingerprint density at radius 3 is 2.29 bits per heavy atom. The van der Waals surface area contributed by atoms with Crippen LogP contribution in [0, 0.1) is 26.1 Å². The number of amides is 1. The Labute approximate surface area is 200 Å². The molecule has 3 aromatic rings. The predicted octanol–water partition coefficient (Wildman–Crippen LogP) is 5.89. The van der Waals surface area contributed by atoms with Crippen LogP contribution >= 0.6 is 0 Å². The molecule has 0 atom stereocenters. The van der Waals surface area contributed by atoms with Gasteiger partial charge in [0.15, 0.2) is 5.75 Å². The van der Waals surface area contributed by atoms with Crippen molar-refractivity contribution in [3.8, 4) is 17.0 Å². The highest BCUT2D eigenvalue weighted by Crippen LogP contribution is 2.47.